The Bertz CT molecular complexity index is 856. The van der Waals surface area contributed by atoms with E-state index in [9.17, 15) is 9.18 Å². The molecule has 1 atom stereocenters. The van der Waals surface area contributed by atoms with Crippen molar-refractivity contribution in [1.82, 2.24) is 5.32 Å². The lowest BCUT2D eigenvalue weighted by Crippen LogP contribution is -2.30. The maximum atomic E-state index is 14.0. The molecule has 3 aliphatic rings. The van der Waals surface area contributed by atoms with Crippen LogP contribution in [0.1, 0.15) is 49.7 Å². The van der Waals surface area contributed by atoms with Crippen LogP contribution in [-0.2, 0) is 4.79 Å². The molecule has 0 spiro atoms. The Balaban J connectivity index is 1.87. The molecule has 1 N–H and O–H groups in total. The summed E-state index contributed by atoms with van der Waals surface area (Å²) in [6.07, 6.45) is 3.43. The zero-order valence-corrected chi connectivity index (χ0v) is 14.4. The molecule has 0 aromatic heterocycles. The highest BCUT2D eigenvalue weighted by atomic mass is 32.2. The second-order valence-electron chi connectivity index (χ2n) is 6.28. The predicted molar refractivity (Wildman–Crippen MR) is 94.8 cm³/mol. The molecule has 4 heteroatoms. The number of benzene rings is 1. The van der Waals surface area contributed by atoms with Crippen molar-refractivity contribution >= 4 is 17.5 Å². The fraction of sp³-hybridized carbons (Fsp3) is 0.350. The van der Waals surface area contributed by atoms with Crippen LogP contribution in [-0.4, -0.2) is 11.5 Å². The summed E-state index contributed by atoms with van der Waals surface area (Å²) in [7, 11) is 0. The number of halogens is 1. The number of hydrogen-bond acceptors (Lipinski definition) is 3. The molecule has 0 amide bonds. The first kappa shape index (κ1) is 15.5. The molecule has 2 heterocycles. The van der Waals surface area contributed by atoms with Crippen LogP contribution in [0, 0.1) is 17.7 Å². The second kappa shape index (κ2) is 6.14. The van der Waals surface area contributed by atoms with Crippen LogP contribution in [0.2, 0.25) is 0 Å². The summed E-state index contributed by atoms with van der Waals surface area (Å²) < 4.78 is 14.0. The molecule has 4 rings (SSSR count). The first-order valence-electron chi connectivity index (χ1n) is 8.30. The van der Waals surface area contributed by atoms with Gasteiger partial charge in [0, 0.05) is 40.0 Å². The number of thioether (sulfide) groups is 1. The van der Waals surface area contributed by atoms with E-state index in [0.717, 1.165) is 41.8 Å². The molecule has 0 bridgehead atoms. The molecule has 1 aromatic rings. The molecule has 0 saturated carbocycles. The molecule has 122 valence electrons. The normalized spacial score (nSPS) is 22.6. The Morgan fingerprint density at radius 1 is 1.25 bits per heavy atom. The maximum Gasteiger partial charge on any atom is 0.161 e. The highest BCUT2D eigenvalue weighted by molar-refractivity contribution is 8.03. The summed E-state index contributed by atoms with van der Waals surface area (Å²) >= 11 is 1.81. The van der Waals surface area contributed by atoms with Gasteiger partial charge in [-0.2, -0.15) is 0 Å². The summed E-state index contributed by atoms with van der Waals surface area (Å²) in [6.45, 7) is 1.70. The Morgan fingerprint density at radius 2 is 2.12 bits per heavy atom. The summed E-state index contributed by atoms with van der Waals surface area (Å²) in [5, 5.41) is 3.51. The fourth-order valence-corrected chi connectivity index (χ4v) is 5.04. The van der Waals surface area contributed by atoms with Crippen LogP contribution < -0.4 is 5.32 Å². The minimum absolute atomic E-state index is 0.0606. The molecule has 1 aromatic carbocycles. The van der Waals surface area contributed by atoms with E-state index in [4.69, 9.17) is 0 Å². The SMILES string of the molecule is CC#Cc1cc(C2C3=C(CCS3)NC3=C2C(=O)CCC3)ccc1F. The number of nitrogens with one attached hydrogen (secondary N) is 1. The minimum Gasteiger partial charge on any atom is -0.361 e. The van der Waals surface area contributed by atoms with Crippen LogP contribution in [0.15, 0.2) is 40.1 Å². The van der Waals surface area contributed by atoms with E-state index < -0.39 is 0 Å². The molecular weight excluding hydrogens is 321 g/mol. The van der Waals surface area contributed by atoms with Gasteiger partial charge in [-0.05, 0) is 43.9 Å². The van der Waals surface area contributed by atoms with Gasteiger partial charge in [-0.1, -0.05) is 12.0 Å². The number of allylic oxidation sites excluding steroid dienone is 4. The highest BCUT2D eigenvalue weighted by Gasteiger charge is 2.38. The van der Waals surface area contributed by atoms with Crippen molar-refractivity contribution in [3.63, 3.8) is 0 Å². The summed E-state index contributed by atoms with van der Waals surface area (Å²) in [4.78, 5) is 13.9. The first-order valence-corrected chi connectivity index (χ1v) is 9.29. The number of hydrogen-bond donors (Lipinski definition) is 1. The van der Waals surface area contributed by atoms with Crippen molar-refractivity contribution in [1.29, 1.82) is 0 Å². The van der Waals surface area contributed by atoms with Crippen LogP contribution in [0.5, 0.6) is 0 Å². The van der Waals surface area contributed by atoms with Gasteiger partial charge in [-0.25, -0.2) is 4.39 Å². The van der Waals surface area contributed by atoms with E-state index in [1.54, 1.807) is 6.92 Å². The number of dihydropyridines is 1. The van der Waals surface area contributed by atoms with E-state index in [1.165, 1.54) is 16.7 Å². The zero-order valence-electron chi connectivity index (χ0n) is 13.5. The van der Waals surface area contributed by atoms with Crippen molar-refractivity contribution < 1.29 is 9.18 Å². The number of ketones is 1. The van der Waals surface area contributed by atoms with Gasteiger partial charge in [-0.3, -0.25) is 4.79 Å². The van der Waals surface area contributed by atoms with Gasteiger partial charge in [0.2, 0.25) is 0 Å². The van der Waals surface area contributed by atoms with Crippen LogP contribution in [0.25, 0.3) is 0 Å². The molecule has 2 aliphatic heterocycles. The van der Waals surface area contributed by atoms with Crippen molar-refractivity contribution in [3.05, 3.63) is 57.0 Å². The number of rotatable bonds is 1. The van der Waals surface area contributed by atoms with Gasteiger partial charge in [-0.15, -0.1) is 17.7 Å². The molecule has 0 radical (unpaired) electrons. The smallest absolute Gasteiger partial charge is 0.161 e. The third-order valence-electron chi connectivity index (χ3n) is 4.80. The third-order valence-corrected chi connectivity index (χ3v) is 6.00. The van der Waals surface area contributed by atoms with Gasteiger partial charge in [0.15, 0.2) is 5.78 Å². The number of carbonyl (C=O) groups excluding carboxylic acids is 1. The zero-order chi connectivity index (χ0) is 16.7. The van der Waals surface area contributed by atoms with Gasteiger partial charge in [0.1, 0.15) is 5.82 Å². The molecule has 0 saturated heterocycles. The van der Waals surface area contributed by atoms with E-state index in [2.05, 4.69) is 17.2 Å². The van der Waals surface area contributed by atoms with Crippen molar-refractivity contribution in [2.24, 2.45) is 0 Å². The summed E-state index contributed by atoms with van der Waals surface area (Å²) in [5.74, 6) is 6.49. The number of carbonyl (C=O) groups is 1. The Hall–Kier alpha value is -1.99. The number of Topliss-reactive ketones (excluding diaryl/α,β-unsaturated/α-hetero) is 1. The molecular formula is C20H18FNOS. The molecule has 2 nitrogen and oxygen atoms in total. The topological polar surface area (TPSA) is 29.1 Å². The van der Waals surface area contributed by atoms with E-state index in [-0.39, 0.29) is 17.5 Å². The lowest BCUT2D eigenvalue weighted by atomic mass is 9.79. The average molecular weight is 339 g/mol. The van der Waals surface area contributed by atoms with E-state index in [1.807, 2.05) is 23.9 Å². The van der Waals surface area contributed by atoms with Gasteiger partial charge in [0.25, 0.3) is 0 Å². The largest absolute Gasteiger partial charge is 0.361 e. The molecule has 0 fully saturated rings. The fourth-order valence-electron chi connectivity index (χ4n) is 3.77. The lowest BCUT2D eigenvalue weighted by Gasteiger charge is -2.33. The predicted octanol–water partition coefficient (Wildman–Crippen LogP) is 4.24. The standard InChI is InChI=1S/C20H18FNOS/c1-2-4-12-11-13(7-8-14(12)21)18-19-15(5-3-6-17(19)23)22-16-9-10-24-20(16)18/h7-8,11,18,22H,3,5-6,9-10H2,1H3. The van der Waals surface area contributed by atoms with Gasteiger partial charge < -0.3 is 5.32 Å². The monoisotopic (exact) mass is 339 g/mol. The Labute approximate surface area is 145 Å². The van der Waals surface area contributed by atoms with Gasteiger partial charge >= 0.3 is 0 Å². The highest BCUT2D eigenvalue weighted by Crippen LogP contribution is 2.50. The lowest BCUT2D eigenvalue weighted by molar-refractivity contribution is -0.116. The Morgan fingerprint density at radius 3 is 2.96 bits per heavy atom. The van der Waals surface area contributed by atoms with Crippen molar-refractivity contribution in [2.45, 2.75) is 38.5 Å². The minimum atomic E-state index is -0.306. The quantitative estimate of drug-likeness (QED) is 0.776. The van der Waals surface area contributed by atoms with Gasteiger partial charge in [0.05, 0.1) is 5.56 Å². The summed E-state index contributed by atoms with van der Waals surface area (Å²) in [5.41, 5.74) is 4.58. The Kier molecular flexibility index (Phi) is 3.97. The second-order valence-corrected chi connectivity index (χ2v) is 7.42. The van der Waals surface area contributed by atoms with E-state index in [0.29, 0.717) is 12.0 Å². The molecule has 24 heavy (non-hydrogen) atoms. The van der Waals surface area contributed by atoms with Crippen LogP contribution >= 0.6 is 11.8 Å². The van der Waals surface area contributed by atoms with Crippen molar-refractivity contribution in [2.75, 3.05) is 5.75 Å². The maximum absolute atomic E-state index is 14.0. The molecule has 1 unspecified atom stereocenters. The average Bonchev–Trinajstić information content (AvgIpc) is 3.03. The third kappa shape index (κ3) is 2.48. The first-order chi connectivity index (χ1) is 11.7. The van der Waals surface area contributed by atoms with Crippen LogP contribution in [0.3, 0.4) is 0 Å². The van der Waals surface area contributed by atoms with Crippen LogP contribution in [0.4, 0.5) is 4.39 Å². The van der Waals surface area contributed by atoms with E-state index >= 15 is 0 Å². The summed E-state index contributed by atoms with van der Waals surface area (Å²) in [6, 6.07) is 5.10. The molecule has 1 aliphatic carbocycles. The van der Waals surface area contributed by atoms with Crippen molar-refractivity contribution in [3.8, 4) is 11.8 Å².